The first kappa shape index (κ1) is 8.27. The van der Waals surface area contributed by atoms with Crippen LogP contribution in [0.15, 0.2) is 11.4 Å². The van der Waals surface area contributed by atoms with Crippen LogP contribution < -0.4 is 0 Å². The largest absolute Gasteiger partial charge is 0.303 e. The van der Waals surface area contributed by atoms with Gasteiger partial charge in [-0.2, -0.15) is 0 Å². The Bertz CT molecular complexity index is 301. The second kappa shape index (κ2) is 2.86. The van der Waals surface area contributed by atoms with Crippen molar-refractivity contribution in [1.82, 2.24) is 0 Å². The lowest BCUT2D eigenvalue weighted by atomic mass is 10.0. The van der Waals surface area contributed by atoms with Crippen molar-refractivity contribution in [2.24, 2.45) is 5.41 Å². The molecule has 0 N–H and O–H groups in total. The molecule has 1 aromatic heterocycles. The lowest BCUT2D eigenvalue weighted by Gasteiger charge is -2.04. The van der Waals surface area contributed by atoms with Crippen molar-refractivity contribution in [1.29, 1.82) is 0 Å². The molecule has 1 heterocycles. The summed E-state index contributed by atoms with van der Waals surface area (Å²) in [4.78, 5) is 10.7. The molecule has 12 heavy (non-hydrogen) atoms. The van der Waals surface area contributed by atoms with E-state index in [4.69, 9.17) is 11.6 Å². The van der Waals surface area contributed by atoms with Crippen molar-refractivity contribution in [3.8, 4) is 0 Å². The zero-order chi connectivity index (χ0) is 8.60. The maximum Gasteiger partial charge on any atom is 0.126 e. The highest BCUT2D eigenvalue weighted by Crippen LogP contribution is 2.47. The molecule has 0 bridgehead atoms. The third kappa shape index (κ3) is 1.41. The average molecular weight is 201 g/mol. The Morgan fingerprint density at radius 3 is 2.83 bits per heavy atom. The molecule has 1 saturated carbocycles. The van der Waals surface area contributed by atoms with Crippen LogP contribution in [-0.2, 0) is 11.2 Å². The Kier molecular flexibility index (Phi) is 1.97. The Morgan fingerprint density at radius 2 is 2.42 bits per heavy atom. The Labute approximate surface area is 80.4 Å². The van der Waals surface area contributed by atoms with E-state index in [1.807, 2.05) is 11.4 Å². The Hall–Kier alpha value is -0.340. The summed E-state index contributed by atoms with van der Waals surface area (Å²) in [7, 11) is 0. The maximum absolute atomic E-state index is 10.7. The lowest BCUT2D eigenvalue weighted by molar-refractivity contribution is -0.112. The summed E-state index contributed by atoms with van der Waals surface area (Å²) < 4.78 is 0.836. The highest BCUT2D eigenvalue weighted by Gasteiger charge is 2.42. The third-order valence-corrected chi connectivity index (χ3v) is 3.63. The molecule has 1 nitrogen and oxygen atoms in total. The molecule has 1 fully saturated rings. The zero-order valence-corrected chi connectivity index (χ0v) is 8.12. The monoisotopic (exact) mass is 200 g/mol. The molecule has 2 rings (SSSR count). The van der Waals surface area contributed by atoms with E-state index in [0.717, 1.165) is 35.4 Å². The highest BCUT2D eigenvalue weighted by molar-refractivity contribution is 7.14. The summed E-state index contributed by atoms with van der Waals surface area (Å²) in [6.45, 7) is 0. The lowest BCUT2D eigenvalue weighted by Crippen LogP contribution is -2.05. The number of carbonyl (C=O) groups is 1. The second-order valence-electron chi connectivity index (χ2n) is 3.38. The van der Waals surface area contributed by atoms with Crippen LogP contribution in [0, 0.1) is 5.41 Å². The fraction of sp³-hybridized carbons (Fsp3) is 0.444. The van der Waals surface area contributed by atoms with Gasteiger partial charge in [-0.15, -0.1) is 11.3 Å². The minimum Gasteiger partial charge on any atom is -0.303 e. The molecule has 3 heteroatoms. The van der Waals surface area contributed by atoms with Gasteiger partial charge in [0.15, 0.2) is 0 Å². The van der Waals surface area contributed by atoms with E-state index in [0.29, 0.717) is 0 Å². The Balaban J connectivity index is 2.13. The van der Waals surface area contributed by atoms with E-state index >= 15 is 0 Å². The molecular formula is C9H9ClOS. The van der Waals surface area contributed by atoms with Gasteiger partial charge in [-0.1, -0.05) is 11.6 Å². The van der Waals surface area contributed by atoms with Crippen molar-refractivity contribution in [2.75, 3.05) is 0 Å². The first-order valence-corrected chi connectivity index (χ1v) is 5.20. The average Bonchev–Trinajstić information content (AvgIpc) is 2.74. The van der Waals surface area contributed by atoms with Gasteiger partial charge in [-0.25, -0.2) is 0 Å². The van der Waals surface area contributed by atoms with Crippen molar-refractivity contribution in [3.63, 3.8) is 0 Å². The first-order valence-electron chi connectivity index (χ1n) is 3.94. The number of hydrogen-bond acceptors (Lipinski definition) is 2. The van der Waals surface area contributed by atoms with Crippen LogP contribution in [-0.4, -0.2) is 6.29 Å². The van der Waals surface area contributed by atoms with E-state index in [-0.39, 0.29) is 5.41 Å². The predicted molar refractivity (Wildman–Crippen MR) is 50.8 cm³/mol. The van der Waals surface area contributed by atoms with Crippen molar-refractivity contribution in [2.45, 2.75) is 19.3 Å². The van der Waals surface area contributed by atoms with Gasteiger partial charge in [0, 0.05) is 5.41 Å². The zero-order valence-electron chi connectivity index (χ0n) is 6.55. The topological polar surface area (TPSA) is 17.1 Å². The molecule has 0 aromatic carbocycles. The maximum atomic E-state index is 10.7. The van der Waals surface area contributed by atoms with Gasteiger partial charge >= 0.3 is 0 Å². The molecule has 0 saturated heterocycles. The van der Waals surface area contributed by atoms with Gasteiger partial charge < -0.3 is 4.79 Å². The molecule has 0 atom stereocenters. The van der Waals surface area contributed by atoms with Gasteiger partial charge in [-0.3, -0.25) is 0 Å². The minimum absolute atomic E-state index is 0.0509. The summed E-state index contributed by atoms with van der Waals surface area (Å²) in [6, 6.07) is 2.01. The molecule has 64 valence electrons. The van der Waals surface area contributed by atoms with Crippen LogP contribution in [0.1, 0.15) is 18.4 Å². The minimum atomic E-state index is -0.0509. The van der Waals surface area contributed by atoms with Crippen LogP contribution in [0.3, 0.4) is 0 Å². The van der Waals surface area contributed by atoms with Crippen LogP contribution >= 0.6 is 22.9 Å². The van der Waals surface area contributed by atoms with E-state index in [1.165, 1.54) is 11.3 Å². The summed E-state index contributed by atoms with van der Waals surface area (Å²) >= 11 is 7.47. The number of aldehydes is 1. The molecule has 0 amide bonds. The van der Waals surface area contributed by atoms with Gasteiger partial charge in [0.25, 0.3) is 0 Å². The van der Waals surface area contributed by atoms with E-state index in [2.05, 4.69) is 0 Å². The normalized spacial score (nSPS) is 19.1. The summed E-state index contributed by atoms with van der Waals surface area (Å²) in [5.74, 6) is 0. The van der Waals surface area contributed by atoms with Crippen molar-refractivity contribution in [3.05, 3.63) is 21.3 Å². The molecule has 1 aromatic rings. The van der Waals surface area contributed by atoms with Gasteiger partial charge in [0.1, 0.15) is 6.29 Å². The molecule has 0 spiro atoms. The molecule has 1 aliphatic carbocycles. The number of rotatable bonds is 3. The standard InChI is InChI=1S/C9H9ClOS/c10-8-7(1-4-12-8)5-9(6-11)2-3-9/h1,4,6H,2-3,5H2. The van der Waals surface area contributed by atoms with Crippen molar-refractivity contribution < 1.29 is 4.79 Å². The third-order valence-electron chi connectivity index (χ3n) is 2.38. The fourth-order valence-corrected chi connectivity index (χ4v) is 2.25. The number of hydrogen-bond donors (Lipinski definition) is 0. The van der Waals surface area contributed by atoms with E-state index in [1.54, 1.807) is 0 Å². The van der Waals surface area contributed by atoms with Crippen molar-refractivity contribution >= 4 is 29.2 Å². The van der Waals surface area contributed by atoms with E-state index in [9.17, 15) is 4.79 Å². The molecule has 0 unspecified atom stereocenters. The first-order chi connectivity index (χ1) is 5.76. The highest BCUT2D eigenvalue weighted by atomic mass is 35.5. The fourth-order valence-electron chi connectivity index (χ4n) is 1.32. The molecule has 0 radical (unpaired) electrons. The van der Waals surface area contributed by atoms with Gasteiger partial charge in [-0.05, 0) is 36.3 Å². The predicted octanol–water partition coefficient (Wildman–Crippen LogP) is 2.92. The SMILES string of the molecule is O=CC1(Cc2ccsc2Cl)CC1. The second-order valence-corrected chi connectivity index (χ2v) is 4.89. The van der Waals surface area contributed by atoms with Crippen LogP contribution in [0.5, 0.6) is 0 Å². The summed E-state index contributed by atoms with van der Waals surface area (Å²) in [5, 5.41) is 1.97. The van der Waals surface area contributed by atoms with Gasteiger partial charge in [0.2, 0.25) is 0 Å². The van der Waals surface area contributed by atoms with Crippen LogP contribution in [0.2, 0.25) is 4.34 Å². The quantitative estimate of drug-likeness (QED) is 0.686. The summed E-state index contributed by atoms with van der Waals surface area (Å²) in [6.07, 6.45) is 3.98. The van der Waals surface area contributed by atoms with Crippen LogP contribution in [0.25, 0.3) is 0 Å². The van der Waals surface area contributed by atoms with E-state index < -0.39 is 0 Å². The number of carbonyl (C=O) groups excluding carboxylic acids is 1. The summed E-state index contributed by atoms with van der Waals surface area (Å²) in [5.41, 5.74) is 1.08. The van der Waals surface area contributed by atoms with Crippen LogP contribution in [0.4, 0.5) is 0 Å². The smallest absolute Gasteiger partial charge is 0.126 e. The number of halogens is 1. The molecular weight excluding hydrogens is 192 g/mol. The Morgan fingerprint density at radius 1 is 1.67 bits per heavy atom. The molecule has 1 aliphatic rings. The molecule has 0 aliphatic heterocycles. The van der Waals surface area contributed by atoms with Gasteiger partial charge in [0.05, 0.1) is 4.34 Å². The number of thiophene rings is 1.